The van der Waals surface area contributed by atoms with Gasteiger partial charge in [-0.1, -0.05) is 24.3 Å². The third-order valence-electron chi connectivity index (χ3n) is 3.14. The van der Waals surface area contributed by atoms with Gasteiger partial charge in [0, 0.05) is 25.1 Å². The third kappa shape index (κ3) is 3.17. The van der Waals surface area contributed by atoms with Crippen molar-refractivity contribution in [3.05, 3.63) is 72.1 Å². The van der Waals surface area contributed by atoms with E-state index in [1.165, 1.54) is 18.1 Å². The number of aromatic carboxylic acids is 1. The van der Waals surface area contributed by atoms with E-state index in [1.54, 1.807) is 10.8 Å². The van der Waals surface area contributed by atoms with Crippen molar-refractivity contribution < 1.29 is 9.90 Å². The predicted molar refractivity (Wildman–Crippen MR) is 76.1 cm³/mol. The molecule has 1 N–H and O–H groups in total. The van der Waals surface area contributed by atoms with E-state index >= 15 is 0 Å². The summed E-state index contributed by atoms with van der Waals surface area (Å²) in [7, 11) is 0. The molecule has 0 aliphatic heterocycles. The maximum atomic E-state index is 10.8. The minimum Gasteiger partial charge on any atom is -0.476 e. The normalized spacial score (nSPS) is 10.7. The van der Waals surface area contributed by atoms with Gasteiger partial charge in [0.2, 0.25) is 0 Å². The highest BCUT2D eigenvalue weighted by atomic mass is 16.4. The van der Waals surface area contributed by atoms with Crippen molar-refractivity contribution in [2.45, 2.75) is 13.1 Å². The van der Waals surface area contributed by atoms with Crippen molar-refractivity contribution in [2.24, 2.45) is 0 Å². The van der Waals surface area contributed by atoms with Crippen LogP contribution in [-0.2, 0) is 13.1 Å². The predicted octanol–water partition coefficient (Wildman–Crippen LogP) is 1.87. The van der Waals surface area contributed by atoms with Gasteiger partial charge in [-0.2, -0.15) is 5.10 Å². The highest BCUT2D eigenvalue weighted by Crippen LogP contribution is 2.08. The molecular formula is C15H14N4O2. The average molecular weight is 282 g/mol. The molecule has 0 unspecified atom stereocenters. The molecular weight excluding hydrogens is 268 g/mol. The molecule has 3 aromatic rings. The lowest BCUT2D eigenvalue weighted by Gasteiger charge is -2.05. The molecule has 106 valence electrons. The molecule has 0 saturated carbocycles. The standard InChI is InChI=1S/C15H14N4O2/c20-15(21)14-10-18(11-16-14)8-12-2-4-13(5-3-12)9-19-7-1-6-17-19/h1-7,10-11H,8-9H2,(H,20,21). The Morgan fingerprint density at radius 1 is 1.14 bits per heavy atom. The van der Waals surface area contributed by atoms with Crippen molar-refractivity contribution >= 4 is 5.97 Å². The van der Waals surface area contributed by atoms with Gasteiger partial charge in [-0.05, 0) is 17.2 Å². The first-order valence-electron chi connectivity index (χ1n) is 6.51. The lowest BCUT2D eigenvalue weighted by molar-refractivity contribution is 0.0691. The molecule has 0 radical (unpaired) electrons. The molecule has 2 aromatic heterocycles. The molecule has 6 heteroatoms. The molecule has 0 fully saturated rings. The number of benzene rings is 1. The van der Waals surface area contributed by atoms with Crippen LogP contribution in [0, 0.1) is 0 Å². The van der Waals surface area contributed by atoms with E-state index < -0.39 is 5.97 Å². The first kappa shape index (κ1) is 13.1. The number of carboxylic acid groups (broad SMARTS) is 1. The second kappa shape index (κ2) is 5.62. The van der Waals surface area contributed by atoms with Gasteiger partial charge in [-0.3, -0.25) is 4.68 Å². The molecule has 2 heterocycles. The Labute approximate surface area is 121 Å². The van der Waals surface area contributed by atoms with Crippen LogP contribution in [0.5, 0.6) is 0 Å². The number of imidazole rings is 1. The quantitative estimate of drug-likeness (QED) is 0.775. The molecule has 1 aromatic carbocycles. The minimum absolute atomic E-state index is 0.0605. The zero-order valence-electron chi connectivity index (χ0n) is 11.3. The summed E-state index contributed by atoms with van der Waals surface area (Å²) in [5.41, 5.74) is 2.32. The van der Waals surface area contributed by atoms with E-state index in [0.717, 1.165) is 12.1 Å². The van der Waals surface area contributed by atoms with Gasteiger partial charge in [0.25, 0.3) is 0 Å². The number of rotatable bonds is 5. The summed E-state index contributed by atoms with van der Waals surface area (Å²) in [5, 5.41) is 13.0. The van der Waals surface area contributed by atoms with Crippen LogP contribution in [0.2, 0.25) is 0 Å². The van der Waals surface area contributed by atoms with Gasteiger partial charge >= 0.3 is 5.97 Å². The van der Waals surface area contributed by atoms with Crippen LogP contribution >= 0.6 is 0 Å². The third-order valence-corrected chi connectivity index (χ3v) is 3.14. The van der Waals surface area contributed by atoms with E-state index in [-0.39, 0.29) is 5.69 Å². The average Bonchev–Trinajstić information content (AvgIpc) is 3.12. The Morgan fingerprint density at radius 3 is 2.43 bits per heavy atom. The minimum atomic E-state index is -1.01. The zero-order valence-corrected chi connectivity index (χ0v) is 11.3. The number of carboxylic acids is 1. The van der Waals surface area contributed by atoms with Gasteiger partial charge in [-0.15, -0.1) is 0 Å². The Morgan fingerprint density at radius 2 is 1.86 bits per heavy atom. The van der Waals surface area contributed by atoms with Crippen LogP contribution < -0.4 is 0 Å². The molecule has 0 aliphatic carbocycles. The van der Waals surface area contributed by atoms with Crippen LogP contribution in [0.4, 0.5) is 0 Å². The van der Waals surface area contributed by atoms with Crippen molar-refractivity contribution in [3.8, 4) is 0 Å². The van der Waals surface area contributed by atoms with Gasteiger partial charge < -0.3 is 9.67 Å². The topological polar surface area (TPSA) is 72.9 Å². The number of nitrogens with zero attached hydrogens (tertiary/aromatic N) is 4. The molecule has 21 heavy (non-hydrogen) atoms. The summed E-state index contributed by atoms with van der Waals surface area (Å²) in [5.74, 6) is -1.01. The fourth-order valence-corrected chi connectivity index (χ4v) is 2.10. The summed E-state index contributed by atoms with van der Waals surface area (Å²) in [6.07, 6.45) is 6.74. The smallest absolute Gasteiger partial charge is 0.356 e. The second-order valence-electron chi connectivity index (χ2n) is 4.76. The number of hydrogen-bond acceptors (Lipinski definition) is 3. The maximum absolute atomic E-state index is 10.8. The van der Waals surface area contributed by atoms with E-state index in [1.807, 2.05) is 41.2 Å². The molecule has 0 bridgehead atoms. The van der Waals surface area contributed by atoms with Crippen LogP contribution in [0.1, 0.15) is 21.6 Å². The van der Waals surface area contributed by atoms with Crippen molar-refractivity contribution in [2.75, 3.05) is 0 Å². The van der Waals surface area contributed by atoms with Crippen molar-refractivity contribution in [1.29, 1.82) is 0 Å². The molecule has 0 spiro atoms. The van der Waals surface area contributed by atoms with E-state index in [2.05, 4.69) is 10.1 Å². The van der Waals surface area contributed by atoms with Gasteiger partial charge in [-0.25, -0.2) is 9.78 Å². The Balaban J connectivity index is 1.67. The zero-order chi connectivity index (χ0) is 14.7. The fourth-order valence-electron chi connectivity index (χ4n) is 2.10. The van der Waals surface area contributed by atoms with E-state index in [4.69, 9.17) is 5.11 Å². The number of aromatic nitrogens is 4. The Kier molecular flexibility index (Phi) is 3.51. The first-order valence-corrected chi connectivity index (χ1v) is 6.51. The SMILES string of the molecule is O=C(O)c1cn(Cc2ccc(Cn3cccn3)cc2)cn1. The summed E-state index contributed by atoms with van der Waals surface area (Å²) >= 11 is 0. The summed E-state index contributed by atoms with van der Waals surface area (Å²) in [6.45, 7) is 1.34. The Hall–Kier alpha value is -2.89. The molecule has 6 nitrogen and oxygen atoms in total. The maximum Gasteiger partial charge on any atom is 0.356 e. The molecule has 0 aliphatic rings. The first-order chi connectivity index (χ1) is 10.2. The van der Waals surface area contributed by atoms with Gasteiger partial charge in [0.05, 0.1) is 12.9 Å². The second-order valence-corrected chi connectivity index (χ2v) is 4.76. The van der Waals surface area contributed by atoms with Crippen LogP contribution in [0.3, 0.4) is 0 Å². The lowest BCUT2D eigenvalue weighted by atomic mass is 10.1. The monoisotopic (exact) mass is 282 g/mol. The number of hydrogen-bond donors (Lipinski definition) is 1. The molecule has 0 atom stereocenters. The van der Waals surface area contributed by atoms with Gasteiger partial charge in [0.15, 0.2) is 5.69 Å². The van der Waals surface area contributed by atoms with Crippen LogP contribution in [0.15, 0.2) is 55.2 Å². The lowest BCUT2D eigenvalue weighted by Crippen LogP contribution is -2.01. The number of carbonyl (C=O) groups is 1. The highest BCUT2D eigenvalue weighted by Gasteiger charge is 2.06. The highest BCUT2D eigenvalue weighted by molar-refractivity contribution is 5.84. The van der Waals surface area contributed by atoms with Crippen LogP contribution in [0.25, 0.3) is 0 Å². The van der Waals surface area contributed by atoms with E-state index in [9.17, 15) is 4.79 Å². The van der Waals surface area contributed by atoms with Gasteiger partial charge in [0.1, 0.15) is 0 Å². The molecule has 3 rings (SSSR count). The Bertz CT molecular complexity index is 729. The summed E-state index contributed by atoms with van der Waals surface area (Å²) in [4.78, 5) is 14.6. The molecule has 0 amide bonds. The fraction of sp³-hybridized carbons (Fsp3) is 0.133. The summed E-state index contributed by atoms with van der Waals surface area (Å²) < 4.78 is 3.62. The van der Waals surface area contributed by atoms with Crippen molar-refractivity contribution in [3.63, 3.8) is 0 Å². The molecule has 0 saturated heterocycles. The summed E-state index contributed by atoms with van der Waals surface area (Å²) in [6, 6.07) is 10.0. The largest absolute Gasteiger partial charge is 0.476 e. The van der Waals surface area contributed by atoms with Crippen molar-refractivity contribution in [1.82, 2.24) is 19.3 Å². The van der Waals surface area contributed by atoms with Crippen LogP contribution in [-0.4, -0.2) is 30.4 Å². The van der Waals surface area contributed by atoms with E-state index in [0.29, 0.717) is 6.54 Å².